The Hall–Kier alpha value is -0.570. The summed E-state index contributed by atoms with van der Waals surface area (Å²) in [6, 6.07) is 9.84. The minimum absolute atomic E-state index is 0.106. The summed E-state index contributed by atoms with van der Waals surface area (Å²) in [5, 5.41) is 0.552. The van der Waals surface area contributed by atoms with Gasteiger partial charge in [0.15, 0.2) is 0 Å². The highest BCUT2D eigenvalue weighted by atomic mass is 79.9. The summed E-state index contributed by atoms with van der Waals surface area (Å²) in [6.07, 6.45) is 4.05. The molecule has 2 rings (SSSR count). The van der Waals surface area contributed by atoms with Gasteiger partial charge in [0.05, 0.1) is 10.4 Å². The van der Waals surface area contributed by atoms with E-state index in [1.807, 2.05) is 30.3 Å². The fourth-order valence-electron chi connectivity index (χ4n) is 1.60. The molecular formula is C13H10BrCl2N. The van der Waals surface area contributed by atoms with E-state index in [1.54, 1.807) is 12.4 Å². The minimum Gasteiger partial charge on any atom is -0.263 e. The minimum atomic E-state index is -0.106. The van der Waals surface area contributed by atoms with Crippen LogP contribution in [0.2, 0.25) is 5.02 Å². The fraction of sp³-hybridized carbons (Fsp3) is 0.154. The van der Waals surface area contributed by atoms with Crippen LogP contribution < -0.4 is 0 Å². The normalized spacial score (nSPS) is 12.4. The number of rotatable bonds is 3. The van der Waals surface area contributed by atoms with E-state index in [0.717, 1.165) is 15.6 Å². The highest BCUT2D eigenvalue weighted by Gasteiger charge is 2.13. The van der Waals surface area contributed by atoms with Crippen LogP contribution in [0.25, 0.3) is 0 Å². The van der Waals surface area contributed by atoms with Crippen molar-refractivity contribution < 1.29 is 0 Å². The molecule has 1 aromatic heterocycles. The van der Waals surface area contributed by atoms with Gasteiger partial charge in [0, 0.05) is 16.9 Å². The van der Waals surface area contributed by atoms with Crippen molar-refractivity contribution in [1.29, 1.82) is 0 Å². The van der Waals surface area contributed by atoms with Gasteiger partial charge in [0.2, 0.25) is 0 Å². The van der Waals surface area contributed by atoms with Gasteiger partial charge in [-0.25, -0.2) is 0 Å². The molecule has 1 heterocycles. The van der Waals surface area contributed by atoms with Gasteiger partial charge in [0.25, 0.3) is 0 Å². The second kappa shape index (κ2) is 5.85. The molecule has 0 bridgehead atoms. The Kier molecular flexibility index (Phi) is 4.43. The highest BCUT2D eigenvalue weighted by Crippen LogP contribution is 2.32. The number of hydrogen-bond donors (Lipinski definition) is 0. The van der Waals surface area contributed by atoms with E-state index in [9.17, 15) is 0 Å². The number of nitrogens with zero attached hydrogens (tertiary/aromatic N) is 1. The van der Waals surface area contributed by atoms with Crippen LogP contribution in [-0.2, 0) is 6.42 Å². The molecule has 0 aliphatic rings. The van der Waals surface area contributed by atoms with Gasteiger partial charge >= 0.3 is 0 Å². The molecule has 2 aromatic rings. The summed E-state index contributed by atoms with van der Waals surface area (Å²) in [7, 11) is 0. The van der Waals surface area contributed by atoms with Gasteiger partial charge in [-0.15, -0.1) is 11.6 Å². The molecule has 4 heteroatoms. The third-order valence-corrected chi connectivity index (χ3v) is 3.95. The van der Waals surface area contributed by atoms with Gasteiger partial charge in [-0.2, -0.15) is 0 Å². The Morgan fingerprint density at radius 1 is 1.24 bits per heavy atom. The molecule has 88 valence electrons. The summed E-state index contributed by atoms with van der Waals surface area (Å²) in [5.41, 5.74) is 2.08. The predicted octanol–water partition coefficient (Wildman–Crippen LogP) is 5.02. The Labute approximate surface area is 119 Å². The molecule has 0 aliphatic carbocycles. The van der Waals surface area contributed by atoms with Crippen molar-refractivity contribution in [3.8, 4) is 0 Å². The lowest BCUT2D eigenvalue weighted by Gasteiger charge is -2.12. The number of aromatic nitrogens is 1. The van der Waals surface area contributed by atoms with E-state index in [4.69, 9.17) is 23.2 Å². The van der Waals surface area contributed by atoms with Gasteiger partial charge in [-0.3, -0.25) is 4.98 Å². The highest BCUT2D eigenvalue weighted by molar-refractivity contribution is 9.10. The second-order valence-electron chi connectivity index (χ2n) is 3.66. The number of alkyl halides is 1. The van der Waals surface area contributed by atoms with Crippen molar-refractivity contribution in [1.82, 2.24) is 4.98 Å². The number of benzene rings is 1. The van der Waals surface area contributed by atoms with Crippen LogP contribution in [-0.4, -0.2) is 4.98 Å². The SMILES string of the molecule is Clc1cnccc1CC(Cl)c1ccccc1Br. The van der Waals surface area contributed by atoms with E-state index in [-0.39, 0.29) is 5.38 Å². The van der Waals surface area contributed by atoms with Crippen molar-refractivity contribution >= 4 is 39.1 Å². The topological polar surface area (TPSA) is 12.9 Å². The number of halogens is 3. The monoisotopic (exact) mass is 329 g/mol. The van der Waals surface area contributed by atoms with Gasteiger partial charge in [0.1, 0.15) is 0 Å². The smallest absolute Gasteiger partial charge is 0.0637 e. The molecule has 1 unspecified atom stereocenters. The molecule has 0 saturated heterocycles. The van der Waals surface area contributed by atoms with Crippen molar-refractivity contribution in [2.45, 2.75) is 11.8 Å². The van der Waals surface area contributed by atoms with E-state index >= 15 is 0 Å². The Morgan fingerprint density at radius 2 is 2.00 bits per heavy atom. The van der Waals surface area contributed by atoms with Crippen LogP contribution in [0.15, 0.2) is 47.2 Å². The van der Waals surface area contributed by atoms with E-state index in [1.165, 1.54) is 0 Å². The lowest BCUT2D eigenvalue weighted by molar-refractivity contribution is 0.911. The van der Waals surface area contributed by atoms with Crippen LogP contribution >= 0.6 is 39.1 Å². The van der Waals surface area contributed by atoms with Crippen LogP contribution in [0, 0.1) is 0 Å². The molecule has 1 aromatic carbocycles. The largest absolute Gasteiger partial charge is 0.263 e. The number of pyridine rings is 1. The molecule has 0 fully saturated rings. The zero-order valence-electron chi connectivity index (χ0n) is 8.91. The maximum Gasteiger partial charge on any atom is 0.0637 e. The third-order valence-electron chi connectivity index (χ3n) is 2.50. The average Bonchev–Trinajstić information content (AvgIpc) is 2.32. The van der Waals surface area contributed by atoms with Crippen LogP contribution in [0.5, 0.6) is 0 Å². The first-order chi connectivity index (χ1) is 8.18. The number of hydrogen-bond acceptors (Lipinski definition) is 1. The Balaban J connectivity index is 2.20. The predicted molar refractivity (Wildman–Crippen MR) is 75.7 cm³/mol. The first-order valence-electron chi connectivity index (χ1n) is 5.15. The van der Waals surface area contributed by atoms with Crippen molar-refractivity contribution in [3.63, 3.8) is 0 Å². The summed E-state index contributed by atoms with van der Waals surface area (Å²) in [4.78, 5) is 3.96. The standard InChI is InChI=1S/C13H10BrCl2N/c14-11-4-2-1-3-10(11)12(15)7-9-5-6-17-8-13(9)16/h1-6,8,12H,7H2. The molecule has 1 atom stereocenters. The summed E-state index contributed by atoms with van der Waals surface area (Å²) in [5.74, 6) is 0. The molecule has 0 saturated carbocycles. The lowest BCUT2D eigenvalue weighted by Crippen LogP contribution is -1.98. The van der Waals surface area contributed by atoms with Crippen LogP contribution in [0.3, 0.4) is 0 Å². The van der Waals surface area contributed by atoms with Crippen LogP contribution in [0.4, 0.5) is 0 Å². The quantitative estimate of drug-likeness (QED) is 0.720. The van der Waals surface area contributed by atoms with Crippen molar-refractivity contribution in [2.24, 2.45) is 0 Å². The van der Waals surface area contributed by atoms with Crippen molar-refractivity contribution in [2.75, 3.05) is 0 Å². The maximum atomic E-state index is 6.41. The first kappa shape index (κ1) is 12.9. The third kappa shape index (κ3) is 3.21. The molecule has 0 radical (unpaired) electrons. The summed E-state index contributed by atoms with van der Waals surface area (Å²) in [6.45, 7) is 0. The van der Waals surface area contributed by atoms with Gasteiger partial charge < -0.3 is 0 Å². The molecule has 0 aliphatic heterocycles. The molecule has 17 heavy (non-hydrogen) atoms. The van der Waals surface area contributed by atoms with E-state index < -0.39 is 0 Å². The Bertz CT molecular complexity index is 516. The Morgan fingerprint density at radius 3 is 2.71 bits per heavy atom. The summed E-state index contributed by atoms with van der Waals surface area (Å²) < 4.78 is 1.02. The van der Waals surface area contributed by atoms with Gasteiger partial charge in [-0.1, -0.05) is 45.7 Å². The lowest BCUT2D eigenvalue weighted by atomic mass is 10.0. The average molecular weight is 331 g/mol. The van der Waals surface area contributed by atoms with Crippen LogP contribution in [0.1, 0.15) is 16.5 Å². The second-order valence-corrected chi connectivity index (χ2v) is 5.45. The van der Waals surface area contributed by atoms with E-state index in [2.05, 4.69) is 20.9 Å². The van der Waals surface area contributed by atoms with Gasteiger partial charge in [-0.05, 0) is 29.7 Å². The first-order valence-corrected chi connectivity index (χ1v) is 6.76. The molecule has 0 amide bonds. The summed E-state index contributed by atoms with van der Waals surface area (Å²) >= 11 is 16.0. The zero-order chi connectivity index (χ0) is 12.3. The molecule has 0 N–H and O–H groups in total. The molecule has 1 nitrogen and oxygen atoms in total. The van der Waals surface area contributed by atoms with E-state index in [0.29, 0.717) is 11.4 Å². The fourth-order valence-corrected chi connectivity index (χ4v) is 2.85. The molecule has 0 spiro atoms. The zero-order valence-corrected chi connectivity index (χ0v) is 12.0. The van der Waals surface area contributed by atoms with Crippen molar-refractivity contribution in [3.05, 3.63) is 63.3 Å². The maximum absolute atomic E-state index is 6.41. The molecular weight excluding hydrogens is 321 g/mol.